The van der Waals surface area contributed by atoms with Crippen molar-refractivity contribution in [3.8, 4) is 0 Å². The van der Waals surface area contributed by atoms with E-state index >= 15 is 0 Å². The van der Waals surface area contributed by atoms with Crippen molar-refractivity contribution in [3.63, 3.8) is 0 Å². The van der Waals surface area contributed by atoms with Gasteiger partial charge in [0.1, 0.15) is 5.82 Å². The van der Waals surface area contributed by atoms with Crippen LogP contribution in [-0.4, -0.2) is 20.7 Å². The van der Waals surface area contributed by atoms with E-state index in [9.17, 15) is 9.18 Å². The third-order valence-electron chi connectivity index (χ3n) is 3.59. The summed E-state index contributed by atoms with van der Waals surface area (Å²) in [6.07, 6.45) is 1.79. The first kappa shape index (κ1) is 16.3. The molecule has 1 amide bonds. The second-order valence-electron chi connectivity index (χ2n) is 5.69. The van der Waals surface area contributed by atoms with Crippen molar-refractivity contribution in [2.75, 3.05) is 0 Å². The van der Waals surface area contributed by atoms with E-state index in [4.69, 9.17) is 0 Å². The Kier molecular flexibility index (Phi) is 4.71. The zero-order chi connectivity index (χ0) is 17.1. The van der Waals surface area contributed by atoms with Crippen LogP contribution in [0.2, 0.25) is 0 Å². The first-order valence-corrected chi connectivity index (χ1v) is 8.44. The van der Waals surface area contributed by atoms with Crippen molar-refractivity contribution >= 4 is 17.2 Å². The first-order chi connectivity index (χ1) is 11.5. The number of thiazole rings is 1. The summed E-state index contributed by atoms with van der Waals surface area (Å²) in [5.74, 6) is -0.433. The minimum absolute atomic E-state index is 0.256. The molecule has 124 valence electrons. The number of rotatable bonds is 4. The Balaban J connectivity index is 1.87. The number of H-pyrrole nitrogens is 1. The molecule has 0 unspecified atom stereocenters. The Morgan fingerprint density at radius 1 is 1.42 bits per heavy atom. The van der Waals surface area contributed by atoms with Gasteiger partial charge in [0.25, 0.3) is 5.91 Å². The van der Waals surface area contributed by atoms with Gasteiger partial charge in [-0.25, -0.2) is 4.39 Å². The number of aromatic nitrogens is 3. The van der Waals surface area contributed by atoms with E-state index in [0.717, 1.165) is 5.69 Å². The van der Waals surface area contributed by atoms with Crippen LogP contribution in [0.5, 0.6) is 0 Å². The van der Waals surface area contributed by atoms with Crippen LogP contribution in [0, 0.1) is 5.82 Å². The van der Waals surface area contributed by atoms with Crippen molar-refractivity contribution in [1.82, 2.24) is 14.8 Å². The average Bonchev–Trinajstić information content (AvgIpc) is 3.19. The summed E-state index contributed by atoms with van der Waals surface area (Å²) in [5, 5.41) is 8.67. The van der Waals surface area contributed by atoms with Crippen molar-refractivity contribution < 1.29 is 9.18 Å². The minimum Gasteiger partial charge on any atom is -0.319 e. The second-order valence-corrected chi connectivity index (χ2v) is 6.56. The predicted octanol–water partition coefficient (Wildman–Crippen LogP) is 3.32. The summed E-state index contributed by atoms with van der Waals surface area (Å²) in [5.41, 5.74) is 1.72. The fourth-order valence-corrected chi connectivity index (χ4v) is 2.93. The maximum atomic E-state index is 13.8. The van der Waals surface area contributed by atoms with Gasteiger partial charge in [-0.3, -0.25) is 9.89 Å². The molecule has 1 aromatic carbocycles. The average molecular weight is 344 g/mol. The minimum atomic E-state index is -0.414. The summed E-state index contributed by atoms with van der Waals surface area (Å²) in [7, 11) is 0. The van der Waals surface area contributed by atoms with Gasteiger partial charge in [0.2, 0.25) is 0 Å². The maximum absolute atomic E-state index is 13.8. The molecule has 5 nitrogen and oxygen atoms in total. The van der Waals surface area contributed by atoms with Crippen LogP contribution in [0.1, 0.15) is 41.5 Å². The highest BCUT2D eigenvalue weighted by Crippen LogP contribution is 2.12. The molecule has 3 rings (SSSR count). The summed E-state index contributed by atoms with van der Waals surface area (Å²) < 4.78 is 15.5. The number of aromatic amines is 1. The lowest BCUT2D eigenvalue weighted by Crippen LogP contribution is -2.17. The van der Waals surface area contributed by atoms with Crippen molar-refractivity contribution in [1.29, 1.82) is 0 Å². The standard InChI is InChI=1S/C17H17FN4OS/c1-11(2)14-9-15(21-20-14)16(23)19-17-22(7-8-24-17)10-12-5-3-4-6-13(12)18/h3-9,11H,10H2,1-2H3,(H,20,21). The molecule has 0 saturated heterocycles. The van der Waals surface area contributed by atoms with Gasteiger partial charge in [-0.1, -0.05) is 32.0 Å². The van der Waals surface area contributed by atoms with Gasteiger partial charge in [0.05, 0.1) is 6.54 Å². The Morgan fingerprint density at radius 2 is 2.21 bits per heavy atom. The molecule has 0 aliphatic rings. The molecule has 0 saturated carbocycles. The zero-order valence-corrected chi connectivity index (χ0v) is 14.2. The van der Waals surface area contributed by atoms with Gasteiger partial charge in [0.15, 0.2) is 10.5 Å². The summed E-state index contributed by atoms with van der Waals surface area (Å²) >= 11 is 1.33. The van der Waals surface area contributed by atoms with Crippen LogP contribution < -0.4 is 4.80 Å². The molecular weight excluding hydrogens is 327 g/mol. The molecule has 0 spiro atoms. The van der Waals surface area contributed by atoms with Gasteiger partial charge in [-0.05, 0) is 18.1 Å². The van der Waals surface area contributed by atoms with Crippen LogP contribution in [-0.2, 0) is 6.54 Å². The number of carbonyl (C=O) groups excluding carboxylic acids is 1. The maximum Gasteiger partial charge on any atom is 0.300 e. The monoisotopic (exact) mass is 344 g/mol. The number of hydrogen-bond donors (Lipinski definition) is 1. The molecule has 7 heteroatoms. The quantitative estimate of drug-likeness (QED) is 0.789. The number of hydrogen-bond acceptors (Lipinski definition) is 3. The highest BCUT2D eigenvalue weighted by atomic mass is 32.1. The molecule has 0 atom stereocenters. The second kappa shape index (κ2) is 6.92. The fraction of sp³-hybridized carbons (Fsp3) is 0.235. The molecule has 2 heterocycles. The Hall–Kier alpha value is -2.54. The predicted molar refractivity (Wildman–Crippen MR) is 90.4 cm³/mol. The number of carbonyl (C=O) groups is 1. The number of nitrogens with zero attached hydrogens (tertiary/aromatic N) is 3. The summed E-state index contributed by atoms with van der Waals surface area (Å²) in [4.78, 5) is 16.9. The SMILES string of the molecule is CC(C)c1cc(C(=O)N=c2sccn2Cc2ccccc2F)n[nH]1. The third kappa shape index (κ3) is 3.51. The lowest BCUT2D eigenvalue weighted by atomic mass is 10.1. The zero-order valence-electron chi connectivity index (χ0n) is 13.4. The Morgan fingerprint density at radius 3 is 2.92 bits per heavy atom. The largest absolute Gasteiger partial charge is 0.319 e. The van der Waals surface area contributed by atoms with Crippen molar-refractivity contribution in [3.05, 3.63) is 69.5 Å². The van der Waals surface area contributed by atoms with E-state index in [1.165, 1.54) is 17.4 Å². The van der Waals surface area contributed by atoms with E-state index in [1.807, 2.05) is 19.2 Å². The Bertz CT molecular complexity index is 922. The lowest BCUT2D eigenvalue weighted by Gasteiger charge is -2.04. The van der Waals surface area contributed by atoms with Crippen LogP contribution in [0.25, 0.3) is 0 Å². The lowest BCUT2D eigenvalue weighted by molar-refractivity contribution is 0.0993. The van der Waals surface area contributed by atoms with Gasteiger partial charge >= 0.3 is 0 Å². The smallest absolute Gasteiger partial charge is 0.300 e. The number of halogens is 1. The molecule has 0 bridgehead atoms. The van der Waals surface area contributed by atoms with Crippen LogP contribution >= 0.6 is 11.3 Å². The molecule has 0 fully saturated rings. The van der Waals surface area contributed by atoms with Crippen LogP contribution in [0.4, 0.5) is 4.39 Å². The van der Waals surface area contributed by atoms with E-state index in [-0.39, 0.29) is 17.4 Å². The van der Waals surface area contributed by atoms with Gasteiger partial charge in [-0.15, -0.1) is 11.3 Å². The summed E-state index contributed by atoms with van der Waals surface area (Å²) in [6, 6.07) is 8.28. The number of benzene rings is 1. The normalized spacial score (nSPS) is 12.1. The molecule has 2 aromatic heterocycles. The third-order valence-corrected chi connectivity index (χ3v) is 4.39. The fourth-order valence-electron chi connectivity index (χ4n) is 2.20. The molecule has 0 aliphatic carbocycles. The summed E-state index contributed by atoms with van der Waals surface area (Å²) in [6.45, 7) is 4.35. The highest BCUT2D eigenvalue weighted by Gasteiger charge is 2.12. The molecule has 3 aromatic rings. The molecule has 1 N–H and O–H groups in total. The first-order valence-electron chi connectivity index (χ1n) is 7.56. The molecule has 0 aliphatic heterocycles. The van der Waals surface area contributed by atoms with Crippen LogP contribution in [0.3, 0.4) is 0 Å². The molecular formula is C17H17FN4OS. The van der Waals surface area contributed by atoms with Crippen molar-refractivity contribution in [2.24, 2.45) is 4.99 Å². The van der Waals surface area contributed by atoms with E-state index in [2.05, 4.69) is 15.2 Å². The molecule has 0 radical (unpaired) electrons. The Labute approximate surface area is 142 Å². The van der Waals surface area contributed by atoms with E-state index in [0.29, 0.717) is 16.9 Å². The highest BCUT2D eigenvalue weighted by molar-refractivity contribution is 7.07. The van der Waals surface area contributed by atoms with Gasteiger partial charge in [0, 0.05) is 22.8 Å². The topological polar surface area (TPSA) is 63.0 Å². The number of amides is 1. The van der Waals surface area contributed by atoms with E-state index in [1.54, 1.807) is 35.0 Å². The van der Waals surface area contributed by atoms with Gasteiger partial charge in [-0.2, -0.15) is 10.1 Å². The van der Waals surface area contributed by atoms with Crippen molar-refractivity contribution in [2.45, 2.75) is 26.3 Å². The number of nitrogens with one attached hydrogen (secondary N) is 1. The van der Waals surface area contributed by atoms with Gasteiger partial charge < -0.3 is 4.57 Å². The van der Waals surface area contributed by atoms with E-state index < -0.39 is 5.91 Å². The molecule has 24 heavy (non-hydrogen) atoms. The van der Waals surface area contributed by atoms with Crippen LogP contribution in [0.15, 0.2) is 46.9 Å².